The minimum absolute atomic E-state index is 0.112. The number of nitrogens with one attached hydrogen (secondary N) is 1. The molecule has 36 heavy (non-hydrogen) atoms. The molecule has 1 aliphatic heterocycles. The van der Waals surface area contributed by atoms with Gasteiger partial charge in [0.1, 0.15) is 17.4 Å². The van der Waals surface area contributed by atoms with Gasteiger partial charge in [-0.3, -0.25) is 4.79 Å². The normalized spacial score (nSPS) is 13.1. The van der Waals surface area contributed by atoms with Crippen LogP contribution in [-0.4, -0.2) is 39.4 Å². The molecular formula is C27H18F2N2O5. The molecule has 7 nitrogen and oxygen atoms in total. The van der Waals surface area contributed by atoms with E-state index >= 15 is 0 Å². The number of fused-ring (bicyclic) bond motifs is 3. The fourth-order valence-electron chi connectivity index (χ4n) is 4.13. The van der Waals surface area contributed by atoms with Crippen molar-refractivity contribution in [2.24, 2.45) is 0 Å². The number of aromatic nitrogens is 1. The van der Waals surface area contributed by atoms with Crippen molar-refractivity contribution in [2.45, 2.75) is 6.42 Å². The third-order valence-electron chi connectivity index (χ3n) is 5.91. The summed E-state index contributed by atoms with van der Waals surface area (Å²) in [6.07, 6.45) is 1.58. The van der Waals surface area contributed by atoms with Gasteiger partial charge in [0.25, 0.3) is 5.91 Å². The summed E-state index contributed by atoms with van der Waals surface area (Å²) >= 11 is 0. The van der Waals surface area contributed by atoms with Crippen LogP contribution in [0.4, 0.5) is 8.78 Å². The lowest BCUT2D eigenvalue weighted by atomic mass is 10.0. The van der Waals surface area contributed by atoms with Crippen LogP contribution in [0, 0.1) is 11.6 Å². The van der Waals surface area contributed by atoms with Gasteiger partial charge in [0.2, 0.25) is 0 Å². The molecule has 0 spiro atoms. The van der Waals surface area contributed by atoms with Gasteiger partial charge in [-0.25, -0.2) is 18.4 Å². The Morgan fingerprint density at radius 2 is 1.53 bits per heavy atom. The van der Waals surface area contributed by atoms with Gasteiger partial charge < -0.3 is 19.7 Å². The van der Waals surface area contributed by atoms with Crippen molar-refractivity contribution in [1.82, 2.24) is 9.88 Å². The van der Waals surface area contributed by atoms with E-state index in [4.69, 9.17) is 4.74 Å². The second-order valence-corrected chi connectivity index (χ2v) is 8.19. The Morgan fingerprint density at radius 3 is 2.17 bits per heavy atom. The molecule has 3 aromatic carbocycles. The maximum absolute atomic E-state index is 13.3. The molecule has 180 valence electrons. The summed E-state index contributed by atoms with van der Waals surface area (Å²) in [5.41, 5.74) is 1.91. The summed E-state index contributed by atoms with van der Waals surface area (Å²) in [6, 6.07) is 14.8. The van der Waals surface area contributed by atoms with Gasteiger partial charge in [-0.1, -0.05) is 0 Å². The van der Waals surface area contributed by atoms with Crippen LogP contribution in [-0.2, 0) is 11.2 Å². The van der Waals surface area contributed by atoms with Gasteiger partial charge in [0.15, 0.2) is 0 Å². The number of aromatic amines is 1. The molecule has 0 fully saturated rings. The van der Waals surface area contributed by atoms with E-state index in [-0.39, 0.29) is 29.0 Å². The molecule has 2 heterocycles. The van der Waals surface area contributed by atoms with Crippen LogP contribution in [0.3, 0.4) is 0 Å². The van der Waals surface area contributed by atoms with E-state index in [1.54, 1.807) is 18.2 Å². The Morgan fingerprint density at radius 1 is 0.889 bits per heavy atom. The Hall–Kier alpha value is -4.79. The first-order chi connectivity index (χ1) is 17.3. The smallest absolute Gasteiger partial charge is 0.343 e. The first-order valence-electron chi connectivity index (χ1n) is 10.9. The summed E-state index contributed by atoms with van der Waals surface area (Å²) < 4.78 is 31.9. The van der Waals surface area contributed by atoms with E-state index in [1.165, 1.54) is 35.4 Å². The van der Waals surface area contributed by atoms with Crippen LogP contribution in [0.25, 0.3) is 16.5 Å². The largest absolute Gasteiger partial charge is 0.478 e. The van der Waals surface area contributed by atoms with E-state index in [0.29, 0.717) is 28.6 Å². The minimum Gasteiger partial charge on any atom is -0.478 e. The first kappa shape index (κ1) is 23.0. The molecule has 1 aromatic heterocycles. The Labute approximate surface area is 203 Å². The number of H-pyrrole nitrogens is 1. The number of halogens is 2. The lowest BCUT2D eigenvalue weighted by molar-refractivity contribution is -0.130. The average Bonchev–Trinajstić information content (AvgIpc) is 3.10. The quantitative estimate of drug-likeness (QED) is 0.318. The number of hydrogen-bond donors (Lipinski definition) is 2. The topological polar surface area (TPSA) is 99.7 Å². The monoisotopic (exact) mass is 488 g/mol. The highest BCUT2D eigenvalue weighted by Gasteiger charge is 2.27. The fraction of sp³-hybridized carbons (Fsp3) is 0.0741. The molecule has 9 heteroatoms. The number of carboxylic acid groups (broad SMARTS) is 1. The highest BCUT2D eigenvalue weighted by atomic mass is 19.1. The number of carbonyl (C=O) groups excluding carboxylic acids is 2. The van der Waals surface area contributed by atoms with Crippen molar-refractivity contribution in [1.29, 1.82) is 0 Å². The SMILES string of the molecule is O=C(O)C1=CN(C(=O)c2ccc(F)cc2)CCc2c1[nH]c1ccc(OC(=O)c3ccc(F)cc3)cc21. The predicted octanol–water partition coefficient (Wildman–Crippen LogP) is 4.79. The van der Waals surface area contributed by atoms with Crippen LogP contribution < -0.4 is 4.74 Å². The summed E-state index contributed by atoms with van der Waals surface area (Å²) in [4.78, 5) is 41.9. The van der Waals surface area contributed by atoms with E-state index < -0.39 is 29.5 Å². The lowest BCUT2D eigenvalue weighted by Crippen LogP contribution is -2.27. The maximum Gasteiger partial charge on any atom is 0.343 e. The molecule has 2 N–H and O–H groups in total. The molecule has 0 aliphatic carbocycles. The van der Waals surface area contributed by atoms with Crippen molar-refractivity contribution in [3.63, 3.8) is 0 Å². The molecule has 0 saturated carbocycles. The van der Waals surface area contributed by atoms with Crippen LogP contribution in [0.2, 0.25) is 0 Å². The maximum atomic E-state index is 13.3. The highest BCUT2D eigenvalue weighted by Crippen LogP contribution is 2.33. The average molecular weight is 488 g/mol. The van der Waals surface area contributed by atoms with Gasteiger partial charge >= 0.3 is 11.9 Å². The van der Waals surface area contributed by atoms with E-state index in [0.717, 1.165) is 24.3 Å². The van der Waals surface area contributed by atoms with Crippen molar-refractivity contribution >= 4 is 34.3 Å². The summed E-state index contributed by atoms with van der Waals surface area (Å²) in [5.74, 6) is -3.10. The first-order valence-corrected chi connectivity index (χ1v) is 10.9. The Bertz CT molecular complexity index is 1540. The molecule has 5 rings (SSSR count). The van der Waals surface area contributed by atoms with E-state index in [1.807, 2.05) is 0 Å². The molecule has 0 unspecified atom stereocenters. The number of aliphatic carboxylic acids is 1. The highest BCUT2D eigenvalue weighted by molar-refractivity contribution is 6.17. The number of benzene rings is 3. The summed E-state index contributed by atoms with van der Waals surface area (Å²) in [5, 5.41) is 10.5. The second-order valence-electron chi connectivity index (χ2n) is 8.19. The van der Waals surface area contributed by atoms with Gasteiger partial charge in [-0.2, -0.15) is 0 Å². The number of hydrogen-bond acceptors (Lipinski definition) is 4. The van der Waals surface area contributed by atoms with Crippen LogP contribution >= 0.6 is 0 Å². The van der Waals surface area contributed by atoms with E-state index in [2.05, 4.69) is 4.98 Å². The van der Waals surface area contributed by atoms with Crippen LogP contribution in [0.5, 0.6) is 5.75 Å². The lowest BCUT2D eigenvalue weighted by Gasteiger charge is -2.17. The van der Waals surface area contributed by atoms with Crippen LogP contribution in [0.1, 0.15) is 32.0 Å². The Kier molecular flexibility index (Phi) is 5.81. The Balaban J connectivity index is 1.47. The number of rotatable bonds is 4. The number of esters is 1. The summed E-state index contributed by atoms with van der Waals surface area (Å²) in [6.45, 7) is 0.173. The predicted molar refractivity (Wildman–Crippen MR) is 126 cm³/mol. The second kappa shape index (κ2) is 9.10. The summed E-state index contributed by atoms with van der Waals surface area (Å²) in [7, 11) is 0. The number of nitrogens with zero attached hydrogens (tertiary/aromatic N) is 1. The van der Waals surface area contributed by atoms with Gasteiger partial charge in [0.05, 0.1) is 16.8 Å². The number of carboxylic acids is 1. The van der Waals surface area contributed by atoms with E-state index in [9.17, 15) is 28.3 Å². The molecule has 1 aliphatic rings. The van der Waals surface area contributed by atoms with Gasteiger partial charge in [0, 0.05) is 29.2 Å². The number of ether oxygens (including phenoxy) is 1. The molecule has 1 amide bonds. The zero-order chi connectivity index (χ0) is 25.4. The zero-order valence-electron chi connectivity index (χ0n) is 18.6. The standard InChI is InChI=1S/C27H18F2N2O5/c28-17-5-1-15(2-6-17)25(32)31-12-11-20-21-13-19(36-27(35)16-3-7-18(29)8-4-16)9-10-23(21)30-24(20)22(14-31)26(33)34/h1-10,13-14,30H,11-12H2,(H,33,34). The third kappa shape index (κ3) is 4.34. The molecule has 0 radical (unpaired) electrons. The van der Waals surface area contributed by atoms with Crippen LogP contribution in [0.15, 0.2) is 72.9 Å². The number of amides is 1. The van der Waals surface area contributed by atoms with Crippen molar-refractivity contribution in [2.75, 3.05) is 6.54 Å². The molecule has 0 bridgehead atoms. The fourth-order valence-corrected chi connectivity index (χ4v) is 4.13. The third-order valence-corrected chi connectivity index (χ3v) is 5.91. The van der Waals surface area contributed by atoms with Crippen molar-refractivity contribution < 1.29 is 33.0 Å². The van der Waals surface area contributed by atoms with Crippen molar-refractivity contribution in [3.05, 3.63) is 107 Å². The minimum atomic E-state index is -1.23. The van der Waals surface area contributed by atoms with Gasteiger partial charge in [-0.15, -0.1) is 0 Å². The molecule has 0 atom stereocenters. The zero-order valence-corrected chi connectivity index (χ0v) is 18.6. The van der Waals surface area contributed by atoms with Crippen molar-refractivity contribution in [3.8, 4) is 5.75 Å². The molecule has 0 saturated heterocycles. The molecular weight excluding hydrogens is 470 g/mol. The number of carbonyl (C=O) groups is 3. The van der Waals surface area contributed by atoms with Gasteiger partial charge in [-0.05, 0) is 78.7 Å². The molecule has 4 aromatic rings.